The van der Waals surface area contributed by atoms with Crippen LogP contribution in [0.25, 0.3) is 10.8 Å². The molecule has 6 aromatic carbocycles. The van der Waals surface area contributed by atoms with Crippen LogP contribution in [-0.2, 0) is 0 Å². The first-order valence-corrected chi connectivity index (χ1v) is 21.0. The molecule has 0 nitrogen and oxygen atoms in total. The van der Waals surface area contributed by atoms with E-state index in [1.54, 1.807) is 89.0 Å². The van der Waals surface area contributed by atoms with Crippen molar-refractivity contribution < 1.29 is 0 Å². The van der Waals surface area contributed by atoms with Crippen LogP contribution in [0.2, 0.25) is 0 Å². The third kappa shape index (κ3) is 2.87. The molecule has 8 bridgehead atoms. The predicted octanol–water partition coefficient (Wildman–Crippen LogP) is 13.3. The largest absolute Gasteiger partial charge is 0.0620 e. The van der Waals surface area contributed by atoms with E-state index in [9.17, 15) is 0 Å². The Morgan fingerprint density at radius 3 is 0.611 bits per heavy atom. The van der Waals surface area contributed by atoms with Gasteiger partial charge in [0.1, 0.15) is 0 Å². The second-order valence-corrected chi connectivity index (χ2v) is 21.5. The Labute approximate surface area is 320 Å². The van der Waals surface area contributed by atoms with Crippen molar-refractivity contribution in [1.29, 1.82) is 0 Å². The van der Waals surface area contributed by atoms with Gasteiger partial charge in [0.2, 0.25) is 0 Å². The molecule has 0 N–H and O–H groups in total. The Kier molecular flexibility index (Phi) is 4.72. The normalized spacial score (nSPS) is 31.9. The fourth-order valence-electron chi connectivity index (χ4n) is 16.2. The smallest absolute Gasteiger partial charge is 0.0156 e. The van der Waals surface area contributed by atoms with Crippen LogP contribution in [0.15, 0.2) is 97.1 Å². The highest BCUT2D eigenvalue weighted by Gasteiger charge is 2.61. The van der Waals surface area contributed by atoms with Crippen LogP contribution in [0, 0.1) is 21.7 Å². The summed E-state index contributed by atoms with van der Waals surface area (Å²) in [6.07, 6.45) is 0. The van der Waals surface area contributed by atoms with E-state index >= 15 is 0 Å². The first kappa shape index (κ1) is 29.9. The summed E-state index contributed by atoms with van der Waals surface area (Å²) in [5, 5.41) is 2.90. The van der Waals surface area contributed by atoms with Gasteiger partial charge in [0.15, 0.2) is 0 Å². The lowest BCUT2D eigenvalue weighted by molar-refractivity contribution is 0.336. The highest BCUT2D eigenvalue weighted by atomic mass is 14.6. The molecule has 0 radical (unpaired) electrons. The van der Waals surface area contributed by atoms with E-state index in [1.165, 1.54) is 10.8 Å². The van der Waals surface area contributed by atoms with Gasteiger partial charge in [-0.1, -0.05) is 152 Å². The molecule has 8 aliphatic carbocycles. The minimum atomic E-state index is 0.170. The summed E-state index contributed by atoms with van der Waals surface area (Å²) in [5.74, 6) is 3.79. The highest BCUT2D eigenvalue weighted by molar-refractivity contribution is 5.90. The van der Waals surface area contributed by atoms with Gasteiger partial charge < -0.3 is 0 Å². The Morgan fingerprint density at radius 2 is 0.407 bits per heavy atom. The van der Waals surface area contributed by atoms with Gasteiger partial charge in [-0.3, -0.25) is 0 Å². The molecule has 0 heterocycles. The van der Waals surface area contributed by atoms with E-state index in [1.807, 2.05) is 0 Å². The Bertz CT molecular complexity index is 2460. The lowest BCUT2D eigenvalue weighted by Gasteiger charge is -2.27. The minimum Gasteiger partial charge on any atom is -0.0620 e. The van der Waals surface area contributed by atoms with Gasteiger partial charge in [-0.05, 0) is 121 Å². The van der Waals surface area contributed by atoms with Crippen LogP contribution >= 0.6 is 0 Å². The average Bonchev–Trinajstić information content (AvgIpc) is 3.89. The van der Waals surface area contributed by atoms with Gasteiger partial charge in [0.05, 0.1) is 0 Å². The van der Waals surface area contributed by atoms with Crippen LogP contribution in [0.4, 0.5) is 0 Å². The summed E-state index contributed by atoms with van der Waals surface area (Å²) in [4.78, 5) is 0. The van der Waals surface area contributed by atoms with Crippen molar-refractivity contribution in [3.05, 3.63) is 186 Å². The average molecular weight is 697 g/mol. The molecule has 0 spiro atoms. The van der Waals surface area contributed by atoms with Crippen molar-refractivity contribution in [2.24, 2.45) is 21.7 Å². The Hall–Kier alpha value is -4.42. The Balaban J connectivity index is 0.918. The molecule has 0 saturated heterocycles. The summed E-state index contributed by atoms with van der Waals surface area (Å²) in [5.41, 5.74) is 26.5. The highest BCUT2D eigenvalue weighted by Crippen LogP contribution is 2.74. The quantitative estimate of drug-likeness (QED) is 0.148. The molecule has 8 unspecified atom stereocenters. The summed E-state index contributed by atoms with van der Waals surface area (Å²) in [6.45, 7) is 20.4. The minimum absolute atomic E-state index is 0.170. The van der Waals surface area contributed by atoms with Crippen LogP contribution < -0.4 is 0 Å². The van der Waals surface area contributed by atoms with Gasteiger partial charge in [-0.25, -0.2) is 0 Å². The fourth-order valence-corrected chi connectivity index (χ4v) is 16.2. The fraction of sp³-hybridized carbons (Fsp3) is 0.370. The van der Waals surface area contributed by atoms with Crippen molar-refractivity contribution in [3.8, 4) is 0 Å². The standard InChI is InChI=1S/C54H48/c1-51(2)43-27-13-9-10-14-28(27)44(51)36-22-40-39(21-35(36)43)47-31-17-25-19-33-34(20-26(25)18-32(31)48(40)53(47,5)6)50-42-24-38-37(23-41(42)49(33)54(50,7)8)45-29-15-11-12-16-30(29)46(38)52(45,3)4/h9-24,43-50H,1-8H3. The first-order chi connectivity index (χ1) is 25.8. The molecule has 264 valence electrons. The van der Waals surface area contributed by atoms with E-state index in [2.05, 4.69) is 152 Å². The molecule has 54 heavy (non-hydrogen) atoms. The molecule has 0 amide bonds. The molecule has 0 saturated carbocycles. The maximum atomic E-state index is 2.71. The van der Waals surface area contributed by atoms with Crippen LogP contribution in [-0.4, -0.2) is 0 Å². The molecule has 0 fully saturated rings. The van der Waals surface area contributed by atoms with E-state index in [-0.39, 0.29) is 21.7 Å². The SMILES string of the molecule is CC1(C)C2c3ccccc3C1c1cc3c(cc12)C1c2cc4cc5c(cc4cc2C3C1(C)C)C1c2cc3c(cc2C5C1(C)C)C1c2ccccc2C3C1(C)C. The molecular formula is C54H48. The van der Waals surface area contributed by atoms with Crippen LogP contribution in [0.5, 0.6) is 0 Å². The van der Waals surface area contributed by atoms with E-state index in [0.29, 0.717) is 47.3 Å². The first-order valence-electron chi connectivity index (χ1n) is 21.0. The predicted molar refractivity (Wildman–Crippen MR) is 220 cm³/mol. The molecule has 8 atom stereocenters. The van der Waals surface area contributed by atoms with Crippen LogP contribution in [0.1, 0.15) is 192 Å². The third-order valence-corrected chi connectivity index (χ3v) is 17.7. The summed E-state index contributed by atoms with van der Waals surface area (Å²) >= 11 is 0. The molecule has 8 aliphatic rings. The lowest BCUT2D eigenvalue weighted by Crippen LogP contribution is -2.17. The van der Waals surface area contributed by atoms with Gasteiger partial charge in [0, 0.05) is 47.3 Å². The number of rotatable bonds is 0. The third-order valence-electron chi connectivity index (χ3n) is 17.7. The van der Waals surface area contributed by atoms with E-state index in [4.69, 9.17) is 0 Å². The summed E-state index contributed by atoms with van der Waals surface area (Å²) in [7, 11) is 0. The zero-order valence-corrected chi connectivity index (χ0v) is 32.9. The number of hydrogen-bond donors (Lipinski definition) is 0. The molecule has 14 rings (SSSR count). The number of hydrogen-bond acceptors (Lipinski definition) is 0. The van der Waals surface area contributed by atoms with Gasteiger partial charge in [0.25, 0.3) is 0 Å². The zero-order valence-electron chi connectivity index (χ0n) is 32.9. The van der Waals surface area contributed by atoms with Gasteiger partial charge >= 0.3 is 0 Å². The van der Waals surface area contributed by atoms with Gasteiger partial charge in [-0.15, -0.1) is 0 Å². The topological polar surface area (TPSA) is 0 Å². The summed E-state index contributed by atoms with van der Waals surface area (Å²) < 4.78 is 0. The molecule has 0 aliphatic heterocycles. The molecule has 6 aromatic rings. The lowest BCUT2D eigenvalue weighted by atomic mass is 9.77. The van der Waals surface area contributed by atoms with Crippen LogP contribution in [0.3, 0.4) is 0 Å². The zero-order chi connectivity index (χ0) is 36.3. The van der Waals surface area contributed by atoms with Gasteiger partial charge in [-0.2, -0.15) is 0 Å². The van der Waals surface area contributed by atoms with Crippen molar-refractivity contribution in [1.82, 2.24) is 0 Å². The van der Waals surface area contributed by atoms with Crippen molar-refractivity contribution in [2.75, 3.05) is 0 Å². The van der Waals surface area contributed by atoms with Crippen molar-refractivity contribution in [2.45, 2.75) is 103 Å². The summed E-state index contributed by atoms with van der Waals surface area (Å²) in [6, 6.07) is 40.1. The number of fused-ring (bicyclic) bond motifs is 33. The molecular weight excluding hydrogens is 649 g/mol. The van der Waals surface area contributed by atoms with E-state index in [0.717, 1.165) is 0 Å². The Morgan fingerprint density at radius 1 is 0.241 bits per heavy atom. The molecule has 0 heteroatoms. The monoisotopic (exact) mass is 696 g/mol. The van der Waals surface area contributed by atoms with Crippen molar-refractivity contribution in [3.63, 3.8) is 0 Å². The maximum absolute atomic E-state index is 2.71. The molecule has 0 aromatic heterocycles. The second-order valence-electron chi connectivity index (χ2n) is 21.5. The van der Waals surface area contributed by atoms with E-state index < -0.39 is 0 Å². The second kappa shape index (κ2) is 8.53. The number of benzene rings is 6. The maximum Gasteiger partial charge on any atom is 0.0156 e. The van der Waals surface area contributed by atoms with Crippen molar-refractivity contribution >= 4 is 10.8 Å².